The molecule has 0 radical (unpaired) electrons. The summed E-state index contributed by atoms with van der Waals surface area (Å²) >= 11 is 0. The molecule has 0 amide bonds. The Morgan fingerprint density at radius 3 is 2.58 bits per heavy atom. The number of ether oxygens (including phenoxy) is 1. The van der Waals surface area contributed by atoms with Gasteiger partial charge < -0.3 is 15.0 Å². The molecule has 0 aromatic carbocycles. The summed E-state index contributed by atoms with van der Waals surface area (Å²) in [6.45, 7) is 10.9. The molecular formula is C15H30N2O2. The van der Waals surface area contributed by atoms with Gasteiger partial charge in [0.05, 0.1) is 7.11 Å². The summed E-state index contributed by atoms with van der Waals surface area (Å²) in [7, 11) is 3.27. The van der Waals surface area contributed by atoms with Crippen LogP contribution in [0, 0.1) is 11.8 Å². The lowest BCUT2D eigenvalue weighted by Gasteiger charge is -2.42. The minimum atomic E-state index is -0.585. The zero-order valence-electron chi connectivity index (χ0n) is 13.3. The molecule has 0 aromatic heterocycles. The van der Waals surface area contributed by atoms with Gasteiger partial charge in [0, 0.05) is 19.1 Å². The molecule has 4 nitrogen and oxygen atoms in total. The molecule has 0 aromatic rings. The molecule has 112 valence electrons. The Bertz CT molecular complexity index is 309. The highest BCUT2D eigenvalue weighted by Crippen LogP contribution is 2.27. The Morgan fingerprint density at radius 1 is 1.42 bits per heavy atom. The summed E-state index contributed by atoms with van der Waals surface area (Å²) in [4.78, 5) is 14.4. The number of carbonyl (C=O) groups excluding carboxylic acids is 1. The van der Waals surface area contributed by atoms with Gasteiger partial charge in [-0.3, -0.25) is 4.79 Å². The van der Waals surface area contributed by atoms with Crippen molar-refractivity contribution in [1.82, 2.24) is 10.2 Å². The summed E-state index contributed by atoms with van der Waals surface area (Å²) in [5.74, 6) is 1.29. The van der Waals surface area contributed by atoms with Gasteiger partial charge in [0.2, 0.25) is 0 Å². The fraction of sp³-hybridized carbons (Fsp3) is 0.933. The lowest BCUT2D eigenvalue weighted by Crippen LogP contribution is -2.53. The van der Waals surface area contributed by atoms with Crippen molar-refractivity contribution in [1.29, 1.82) is 0 Å². The number of nitrogens with one attached hydrogen (secondary N) is 1. The molecule has 19 heavy (non-hydrogen) atoms. The largest absolute Gasteiger partial charge is 0.468 e. The van der Waals surface area contributed by atoms with Crippen LogP contribution in [0.1, 0.15) is 40.5 Å². The van der Waals surface area contributed by atoms with Gasteiger partial charge >= 0.3 is 5.97 Å². The predicted octanol–water partition coefficient (Wildman–Crippen LogP) is 1.89. The zero-order chi connectivity index (χ0) is 14.6. The molecule has 0 bridgehead atoms. The predicted molar refractivity (Wildman–Crippen MR) is 78.1 cm³/mol. The Morgan fingerprint density at radius 2 is 2.05 bits per heavy atom. The standard InChI is InChI=1S/C15H30N2O2/c1-11-9-12(2)13(3)17(10-11)8-7-15(4,16-5)14(18)19-6/h11-13,16H,7-10H2,1-6H3. The SMILES string of the molecule is CNC(C)(CCN1CC(C)CC(C)C1C)C(=O)OC. The van der Waals surface area contributed by atoms with Crippen molar-refractivity contribution < 1.29 is 9.53 Å². The van der Waals surface area contributed by atoms with Crippen LogP contribution in [0.15, 0.2) is 0 Å². The highest BCUT2D eigenvalue weighted by Gasteiger charge is 2.35. The highest BCUT2D eigenvalue weighted by molar-refractivity contribution is 5.80. The molecule has 1 aliphatic heterocycles. The van der Waals surface area contributed by atoms with Crippen LogP contribution in [-0.4, -0.2) is 49.7 Å². The number of methoxy groups -OCH3 is 1. The molecular weight excluding hydrogens is 240 g/mol. The molecule has 0 spiro atoms. The normalized spacial score (nSPS) is 31.8. The Hall–Kier alpha value is -0.610. The number of nitrogens with zero attached hydrogens (tertiary/aromatic N) is 1. The maximum atomic E-state index is 11.8. The number of likely N-dealkylation sites (N-methyl/N-ethyl adjacent to an activating group) is 1. The van der Waals surface area contributed by atoms with Crippen LogP contribution < -0.4 is 5.32 Å². The number of hydrogen-bond acceptors (Lipinski definition) is 4. The van der Waals surface area contributed by atoms with Gasteiger partial charge in [-0.25, -0.2) is 0 Å². The first kappa shape index (κ1) is 16.4. The van der Waals surface area contributed by atoms with Gasteiger partial charge in [-0.05, 0) is 45.6 Å². The van der Waals surface area contributed by atoms with Gasteiger partial charge in [0.25, 0.3) is 0 Å². The topological polar surface area (TPSA) is 41.6 Å². The maximum Gasteiger partial charge on any atom is 0.325 e. The average Bonchev–Trinajstić information content (AvgIpc) is 2.39. The molecule has 1 heterocycles. The van der Waals surface area contributed by atoms with Crippen molar-refractivity contribution >= 4 is 5.97 Å². The van der Waals surface area contributed by atoms with Crippen molar-refractivity contribution in [3.05, 3.63) is 0 Å². The van der Waals surface area contributed by atoms with E-state index in [0.717, 1.165) is 31.3 Å². The molecule has 1 fully saturated rings. The average molecular weight is 270 g/mol. The quantitative estimate of drug-likeness (QED) is 0.775. The molecule has 0 saturated carbocycles. The van der Waals surface area contributed by atoms with Crippen molar-refractivity contribution in [2.24, 2.45) is 11.8 Å². The summed E-state index contributed by atoms with van der Waals surface area (Å²) in [6.07, 6.45) is 2.08. The monoisotopic (exact) mass is 270 g/mol. The molecule has 1 aliphatic rings. The second-order valence-corrected chi connectivity index (χ2v) is 6.38. The van der Waals surface area contributed by atoms with E-state index in [1.807, 2.05) is 14.0 Å². The summed E-state index contributed by atoms with van der Waals surface area (Å²) in [5, 5.41) is 3.10. The van der Waals surface area contributed by atoms with Gasteiger partial charge in [0.15, 0.2) is 0 Å². The molecule has 4 unspecified atom stereocenters. The van der Waals surface area contributed by atoms with E-state index in [-0.39, 0.29) is 5.97 Å². The van der Waals surface area contributed by atoms with Crippen molar-refractivity contribution in [2.45, 2.75) is 52.1 Å². The van der Waals surface area contributed by atoms with E-state index in [4.69, 9.17) is 4.74 Å². The van der Waals surface area contributed by atoms with E-state index < -0.39 is 5.54 Å². The summed E-state index contributed by atoms with van der Waals surface area (Å²) in [6, 6.07) is 0.593. The third kappa shape index (κ3) is 3.93. The van der Waals surface area contributed by atoms with E-state index in [0.29, 0.717) is 6.04 Å². The first-order chi connectivity index (χ1) is 8.84. The Labute approximate surface area is 117 Å². The van der Waals surface area contributed by atoms with E-state index in [9.17, 15) is 4.79 Å². The number of piperidine rings is 1. The number of esters is 1. The fourth-order valence-corrected chi connectivity index (χ4v) is 3.05. The summed E-state index contributed by atoms with van der Waals surface area (Å²) < 4.78 is 4.90. The maximum absolute atomic E-state index is 11.8. The second kappa shape index (κ2) is 6.71. The third-order valence-corrected chi connectivity index (χ3v) is 4.81. The van der Waals surface area contributed by atoms with Crippen LogP contribution in [0.5, 0.6) is 0 Å². The molecule has 1 saturated heterocycles. The molecule has 1 rings (SSSR count). The number of likely N-dealkylation sites (tertiary alicyclic amines) is 1. The lowest BCUT2D eigenvalue weighted by atomic mass is 9.85. The van der Waals surface area contributed by atoms with Gasteiger partial charge in [-0.2, -0.15) is 0 Å². The second-order valence-electron chi connectivity index (χ2n) is 6.38. The van der Waals surface area contributed by atoms with E-state index in [1.165, 1.54) is 13.5 Å². The molecule has 4 heteroatoms. The highest BCUT2D eigenvalue weighted by atomic mass is 16.5. The molecule has 1 N–H and O–H groups in total. The fourth-order valence-electron chi connectivity index (χ4n) is 3.05. The molecule has 4 atom stereocenters. The third-order valence-electron chi connectivity index (χ3n) is 4.81. The van der Waals surface area contributed by atoms with E-state index in [1.54, 1.807) is 0 Å². The van der Waals surface area contributed by atoms with E-state index in [2.05, 4.69) is 31.0 Å². The van der Waals surface area contributed by atoms with Gasteiger partial charge in [0.1, 0.15) is 5.54 Å². The minimum absolute atomic E-state index is 0.180. The van der Waals surface area contributed by atoms with Crippen LogP contribution in [0.2, 0.25) is 0 Å². The van der Waals surface area contributed by atoms with Crippen LogP contribution in [0.25, 0.3) is 0 Å². The zero-order valence-corrected chi connectivity index (χ0v) is 13.3. The first-order valence-electron chi connectivity index (χ1n) is 7.35. The Kier molecular flexibility index (Phi) is 5.81. The summed E-state index contributed by atoms with van der Waals surface area (Å²) in [5.41, 5.74) is -0.585. The van der Waals surface area contributed by atoms with Gasteiger partial charge in [-0.15, -0.1) is 0 Å². The van der Waals surface area contributed by atoms with Gasteiger partial charge in [-0.1, -0.05) is 13.8 Å². The van der Waals surface area contributed by atoms with Crippen molar-refractivity contribution in [3.8, 4) is 0 Å². The van der Waals surface area contributed by atoms with Crippen LogP contribution in [0.4, 0.5) is 0 Å². The van der Waals surface area contributed by atoms with Crippen LogP contribution in [-0.2, 0) is 9.53 Å². The van der Waals surface area contributed by atoms with Crippen molar-refractivity contribution in [2.75, 3.05) is 27.2 Å². The first-order valence-corrected chi connectivity index (χ1v) is 7.35. The minimum Gasteiger partial charge on any atom is -0.468 e. The number of carbonyl (C=O) groups is 1. The van der Waals surface area contributed by atoms with Crippen LogP contribution >= 0.6 is 0 Å². The molecule has 0 aliphatic carbocycles. The van der Waals surface area contributed by atoms with Crippen LogP contribution in [0.3, 0.4) is 0 Å². The smallest absolute Gasteiger partial charge is 0.325 e. The number of rotatable bonds is 5. The lowest BCUT2D eigenvalue weighted by molar-refractivity contribution is -0.148. The Balaban J connectivity index is 2.61. The number of hydrogen-bond donors (Lipinski definition) is 1. The van der Waals surface area contributed by atoms with Crippen molar-refractivity contribution in [3.63, 3.8) is 0 Å². The van der Waals surface area contributed by atoms with E-state index >= 15 is 0 Å².